The van der Waals surface area contributed by atoms with Crippen LogP contribution in [0.5, 0.6) is 0 Å². The number of nitrogens with zero attached hydrogens (tertiary/aromatic N) is 2. The number of nitrogens with one attached hydrogen (secondary N) is 1. The minimum atomic E-state index is -0.733. The quantitative estimate of drug-likeness (QED) is 0.593. The highest BCUT2D eigenvalue weighted by atomic mass is 16.3. The fourth-order valence-electron chi connectivity index (χ4n) is 2.22. The Morgan fingerprint density at radius 2 is 1.50 bits per heavy atom. The molecule has 26 heavy (non-hydrogen) atoms. The van der Waals surface area contributed by atoms with Gasteiger partial charge in [0.25, 0.3) is 0 Å². The fraction of sp³-hybridized carbons (Fsp3) is 0.250. The summed E-state index contributed by atoms with van der Waals surface area (Å²) in [5.41, 5.74) is 4.24. The predicted octanol–water partition coefficient (Wildman–Crippen LogP) is 3.00. The van der Waals surface area contributed by atoms with E-state index in [9.17, 15) is 14.7 Å². The molecule has 136 valence electrons. The van der Waals surface area contributed by atoms with Gasteiger partial charge in [0.05, 0.1) is 11.8 Å². The summed E-state index contributed by atoms with van der Waals surface area (Å²) in [6.07, 6.45) is -0.687. The van der Waals surface area contributed by atoms with Crippen molar-refractivity contribution < 1.29 is 14.7 Å². The second-order valence-electron chi connectivity index (χ2n) is 5.86. The summed E-state index contributed by atoms with van der Waals surface area (Å²) in [5.74, 6) is -0.562. The van der Waals surface area contributed by atoms with E-state index in [1.165, 1.54) is 0 Å². The second-order valence-corrected chi connectivity index (χ2v) is 5.86. The number of hydrogen-bond donors (Lipinski definition) is 2. The van der Waals surface area contributed by atoms with Crippen LogP contribution >= 0.6 is 0 Å². The molecule has 6 heteroatoms. The van der Waals surface area contributed by atoms with Gasteiger partial charge in [0.2, 0.25) is 11.8 Å². The van der Waals surface area contributed by atoms with E-state index < -0.39 is 6.10 Å². The number of amides is 2. The summed E-state index contributed by atoms with van der Waals surface area (Å²) >= 11 is 0. The van der Waals surface area contributed by atoms with Crippen molar-refractivity contribution in [2.75, 3.05) is 4.90 Å². The van der Waals surface area contributed by atoms with E-state index in [1.54, 1.807) is 18.7 Å². The number of rotatable bonds is 7. The molecule has 0 bridgehead atoms. The summed E-state index contributed by atoms with van der Waals surface area (Å²) in [6, 6.07) is 18.6. The molecule has 0 spiro atoms. The first-order valence-corrected chi connectivity index (χ1v) is 8.43. The first-order chi connectivity index (χ1) is 12.5. The number of hydrogen-bond acceptors (Lipinski definition) is 4. The van der Waals surface area contributed by atoms with E-state index in [0.29, 0.717) is 5.71 Å². The Morgan fingerprint density at radius 1 is 1.00 bits per heavy atom. The third-order valence-corrected chi connectivity index (χ3v) is 3.81. The summed E-state index contributed by atoms with van der Waals surface area (Å²) in [6.45, 7) is 3.18. The molecule has 2 aromatic rings. The topological polar surface area (TPSA) is 82.0 Å². The standard InChI is InChI=1S/C20H23N3O3/c1-15(16(2)24)21-22-19(25)13-14-20(26)23(17-9-5-3-6-10-17)18-11-7-4-8-12-18/h3-12,16,24H,13-14H2,1-2H3,(H,22,25). The Kier molecular flexibility index (Phi) is 7.05. The van der Waals surface area contributed by atoms with Crippen LogP contribution in [0.3, 0.4) is 0 Å². The van der Waals surface area contributed by atoms with Crippen LogP contribution < -0.4 is 10.3 Å². The van der Waals surface area contributed by atoms with Crippen LogP contribution in [0.2, 0.25) is 0 Å². The maximum absolute atomic E-state index is 12.8. The Labute approximate surface area is 153 Å². The van der Waals surface area contributed by atoms with Gasteiger partial charge in [0.15, 0.2) is 0 Å². The first-order valence-electron chi connectivity index (χ1n) is 8.43. The smallest absolute Gasteiger partial charge is 0.240 e. The zero-order valence-electron chi connectivity index (χ0n) is 14.9. The van der Waals surface area contributed by atoms with Crippen LogP contribution in [0.25, 0.3) is 0 Å². The number of aliphatic hydroxyl groups excluding tert-OH is 1. The number of aliphatic hydroxyl groups is 1. The van der Waals surface area contributed by atoms with E-state index in [-0.39, 0.29) is 24.7 Å². The Morgan fingerprint density at radius 3 is 1.96 bits per heavy atom. The van der Waals surface area contributed by atoms with Crippen molar-refractivity contribution in [3.05, 3.63) is 60.7 Å². The molecule has 0 aliphatic heterocycles. The van der Waals surface area contributed by atoms with Gasteiger partial charge >= 0.3 is 0 Å². The largest absolute Gasteiger partial charge is 0.387 e. The third-order valence-electron chi connectivity index (χ3n) is 3.81. The van der Waals surface area contributed by atoms with Crippen LogP contribution in [-0.4, -0.2) is 28.7 Å². The fourth-order valence-corrected chi connectivity index (χ4v) is 2.22. The third kappa shape index (κ3) is 5.53. The number of anilines is 2. The Hall–Kier alpha value is -2.99. The number of para-hydroxylation sites is 2. The summed E-state index contributed by atoms with van der Waals surface area (Å²) < 4.78 is 0. The lowest BCUT2D eigenvalue weighted by Gasteiger charge is -2.23. The van der Waals surface area contributed by atoms with Crippen LogP contribution in [0.15, 0.2) is 65.8 Å². The molecular weight excluding hydrogens is 330 g/mol. The monoisotopic (exact) mass is 353 g/mol. The summed E-state index contributed by atoms with van der Waals surface area (Å²) in [4.78, 5) is 26.3. The van der Waals surface area contributed by atoms with Gasteiger partial charge in [-0.2, -0.15) is 5.10 Å². The molecule has 0 aromatic heterocycles. The molecule has 6 nitrogen and oxygen atoms in total. The number of benzene rings is 2. The lowest BCUT2D eigenvalue weighted by atomic mass is 10.2. The summed E-state index contributed by atoms with van der Waals surface area (Å²) in [7, 11) is 0. The highest BCUT2D eigenvalue weighted by Gasteiger charge is 2.18. The molecule has 1 unspecified atom stereocenters. The van der Waals surface area contributed by atoms with Crippen molar-refractivity contribution in [2.45, 2.75) is 32.8 Å². The molecule has 0 aliphatic rings. The molecule has 0 radical (unpaired) electrons. The van der Waals surface area contributed by atoms with E-state index >= 15 is 0 Å². The molecule has 0 aliphatic carbocycles. The molecule has 1 atom stereocenters. The van der Waals surface area contributed by atoms with E-state index in [0.717, 1.165) is 11.4 Å². The highest BCUT2D eigenvalue weighted by molar-refractivity contribution is 6.01. The highest BCUT2D eigenvalue weighted by Crippen LogP contribution is 2.26. The maximum atomic E-state index is 12.8. The predicted molar refractivity (Wildman–Crippen MR) is 102 cm³/mol. The van der Waals surface area contributed by atoms with E-state index in [4.69, 9.17) is 0 Å². The number of carbonyl (C=O) groups excluding carboxylic acids is 2. The van der Waals surface area contributed by atoms with Crippen LogP contribution in [0, 0.1) is 0 Å². The second kappa shape index (κ2) is 9.48. The van der Waals surface area contributed by atoms with E-state index in [2.05, 4.69) is 10.5 Å². The van der Waals surface area contributed by atoms with Crippen LogP contribution in [0.4, 0.5) is 11.4 Å². The zero-order valence-corrected chi connectivity index (χ0v) is 14.9. The normalized spacial score (nSPS) is 12.3. The van der Waals surface area contributed by atoms with Crippen molar-refractivity contribution in [1.29, 1.82) is 0 Å². The van der Waals surface area contributed by atoms with Crippen molar-refractivity contribution in [3.63, 3.8) is 0 Å². The SMILES string of the molecule is CC(=NNC(=O)CCC(=O)N(c1ccccc1)c1ccccc1)C(C)O. The Balaban J connectivity index is 2.06. The van der Waals surface area contributed by atoms with Gasteiger partial charge in [-0.1, -0.05) is 36.4 Å². The van der Waals surface area contributed by atoms with E-state index in [1.807, 2.05) is 60.7 Å². The van der Waals surface area contributed by atoms with Crippen molar-refractivity contribution in [2.24, 2.45) is 5.10 Å². The minimum absolute atomic E-state index is 0.00555. The van der Waals surface area contributed by atoms with Gasteiger partial charge in [-0.15, -0.1) is 0 Å². The lowest BCUT2D eigenvalue weighted by Crippen LogP contribution is -2.28. The van der Waals surface area contributed by atoms with Gasteiger partial charge < -0.3 is 5.11 Å². The maximum Gasteiger partial charge on any atom is 0.240 e. The molecule has 0 heterocycles. The van der Waals surface area contributed by atoms with Gasteiger partial charge in [-0.05, 0) is 38.1 Å². The van der Waals surface area contributed by atoms with Crippen molar-refractivity contribution in [3.8, 4) is 0 Å². The average Bonchev–Trinajstić information content (AvgIpc) is 2.66. The average molecular weight is 353 g/mol. The molecule has 0 saturated carbocycles. The van der Waals surface area contributed by atoms with Gasteiger partial charge in [-0.3, -0.25) is 14.5 Å². The zero-order chi connectivity index (χ0) is 18.9. The molecule has 2 amide bonds. The minimum Gasteiger partial charge on any atom is -0.387 e. The van der Waals surface area contributed by atoms with Gasteiger partial charge in [-0.25, -0.2) is 5.43 Å². The Bertz CT molecular complexity index is 719. The molecule has 0 saturated heterocycles. The van der Waals surface area contributed by atoms with Gasteiger partial charge in [0, 0.05) is 24.2 Å². The first kappa shape index (κ1) is 19.3. The molecule has 0 fully saturated rings. The van der Waals surface area contributed by atoms with Crippen molar-refractivity contribution >= 4 is 28.9 Å². The molecule has 2 aromatic carbocycles. The number of carbonyl (C=O) groups is 2. The molecular formula is C20H23N3O3. The van der Waals surface area contributed by atoms with Gasteiger partial charge in [0.1, 0.15) is 0 Å². The van der Waals surface area contributed by atoms with Crippen LogP contribution in [0.1, 0.15) is 26.7 Å². The summed E-state index contributed by atoms with van der Waals surface area (Å²) in [5, 5.41) is 13.1. The van der Waals surface area contributed by atoms with Crippen molar-refractivity contribution in [1.82, 2.24) is 5.43 Å². The number of hydrazone groups is 1. The molecule has 2 N–H and O–H groups in total. The lowest BCUT2D eigenvalue weighted by molar-refractivity contribution is -0.124. The van der Waals surface area contributed by atoms with Crippen LogP contribution in [-0.2, 0) is 9.59 Å². The molecule has 2 rings (SSSR count).